The summed E-state index contributed by atoms with van der Waals surface area (Å²) in [6.07, 6.45) is 4.42. The van der Waals surface area contributed by atoms with Gasteiger partial charge in [0.25, 0.3) is 5.91 Å². The van der Waals surface area contributed by atoms with Crippen molar-refractivity contribution in [3.8, 4) is 11.3 Å². The number of ether oxygens (including phenoxy) is 1. The number of amides is 2. The lowest BCUT2D eigenvalue weighted by Gasteiger charge is -2.21. The molecule has 0 radical (unpaired) electrons. The first-order chi connectivity index (χ1) is 19.0. The van der Waals surface area contributed by atoms with Gasteiger partial charge in [-0.3, -0.25) is 9.59 Å². The normalized spacial score (nSPS) is 15.5. The molecule has 0 bridgehead atoms. The van der Waals surface area contributed by atoms with Crippen LogP contribution in [0.15, 0.2) is 66.9 Å². The molecule has 0 saturated carbocycles. The zero-order valence-corrected chi connectivity index (χ0v) is 22.3. The minimum atomic E-state index is -0.193. The van der Waals surface area contributed by atoms with Crippen LogP contribution in [0.5, 0.6) is 0 Å². The van der Waals surface area contributed by atoms with Gasteiger partial charge in [0.1, 0.15) is 12.4 Å². The molecule has 8 heteroatoms. The monoisotopic (exact) mass is 540 g/mol. The van der Waals surface area contributed by atoms with E-state index in [0.717, 1.165) is 65.8 Å². The first-order valence-electron chi connectivity index (χ1n) is 13.3. The lowest BCUT2D eigenvalue weighted by Crippen LogP contribution is -2.37. The Labute approximate surface area is 232 Å². The predicted octanol–water partition coefficient (Wildman–Crippen LogP) is 5.19. The molecule has 3 heterocycles. The third-order valence-corrected chi connectivity index (χ3v) is 7.78. The number of fused-ring (bicyclic) bond motifs is 2. The van der Waals surface area contributed by atoms with Crippen molar-refractivity contribution in [3.63, 3.8) is 0 Å². The number of rotatable bonds is 7. The van der Waals surface area contributed by atoms with Crippen LogP contribution in [0.2, 0.25) is 5.02 Å². The maximum atomic E-state index is 13.2. The van der Waals surface area contributed by atoms with Crippen molar-refractivity contribution in [1.29, 1.82) is 0 Å². The zero-order valence-electron chi connectivity index (χ0n) is 21.5. The number of hydrogen-bond donors (Lipinski definition) is 1. The van der Waals surface area contributed by atoms with Gasteiger partial charge in [-0.15, -0.1) is 0 Å². The van der Waals surface area contributed by atoms with Gasteiger partial charge in [-0.05, 0) is 52.8 Å². The zero-order chi connectivity index (χ0) is 26.8. The molecule has 2 aliphatic heterocycles. The Hall–Kier alpha value is -3.81. The van der Waals surface area contributed by atoms with E-state index in [9.17, 15) is 9.59 Å². The summed E-state index contributed by atoms with van der Waals surface area (Å²) in [5.74, 6) is 0.884. The molecule has 3 aromatic carbocycles. The van der Waals surface area contributed by atoms with Crippen LogP contribution in [0.25, 0.3) is 22.0 Å². The lowest BCUT2D eigenvalue weighted by atomic mass is 9.96. The van der Waals surface area contributed by atoms with Gasteiger partial charge in [0.05, 0.1) is 10.7 Å². The summed E-state index contributed by atoms with van der Waals surface area (Å²) < 4.78 is 5.46. The van der Waals surface area contributed by atoms with Gasteiger partial charge in [0, 0.05) is 50.0 Å². The topological polar surface area (TPSA) is 84.4 Å². The second-order valence-electron chi connectivity index (χ2n) is 10.2. The molecule has 2 aliphatic rings. The maximum absolute atomic E-state index is 13.2. The SMILES string of the molecule is O=C(CN1Cc2ccc(-c3nc(CC4CCOCC4)ncc3Cl)cc2C1=O)NCc1ccc2ccccc2c1. The standard InChI is InChI=1S/C31H29ClN4O3/c32-27-17-33-28(14-20-9-11-39-12-10-20)35-30(27)24-7-8-25-18-36(31(38)26(25)15-24)19-29(37)34-16-21-5-6-22-3-1-2-4-23(22)13-21/h1-8,13,15,17,20H,9-12,14,16,18-19H2,(H,34,37). The van der Waals surface area contributed by atoms with E-state index in [0.29, 0.717) is 35.3 Å². The molecule has 7 nitrogen and oxygen atoms in total. The number of carbonyl (C=O) groups excluding carboxylic acids is 2. The van der Waals surface area contributed by atoms with Crippen LogP contribution in [0.3, 0.4) is 0 Å². The second kappa shape index (κ2) is 11.1. The third-order valence-electron chi connectivity index (χ3n) is 7.51. The Kier molecular flexibility index (Phi) is 7.26. The molecule has 0 aliphatic carbocycles. The minimum absolute atomic E-state index is 0.0000576. The Balaban J connectivity index is 1.11. The largest absolute Gasteiger partial charge is 0.381 e. The van der Waals surface area contributed by atoms with Crippen molar-refractivity contribution in [1.82, 2.24) is 20.2 Å². The van der Waals surface area contributed by atoms with Crippen LogP contribution < -0.4 is 5.32 Å². The average molecular weight is 541 g/mol. The van der Waals surface area contributed by atoms with Gasteiger partial charge < -0.3 is 15.0 Å². The number of hydrogen-bond acceptors (Lipinski definition) is 5. The molecule has 0 spiro atoms. The van der Waals surface area contributed by atoms with Gasteiger partial charge in [-0.1, -0.05) is 60.1 Å². The first-order valence-corrected chi connectivity index (χ1v) is 13.7. The van der Waals surface area contributed by atoms with E-state index in [2.05, 4.69) is 28.5 Å². The number of nitrogens with one attached hydrogen (secondary N) is 1. The van der Waals surface area contributed by atoms with E-state index in [1.165, 1.54) is 0 Å². The van der Waals surface area contributed by atoms with E-state index in [-0.39, 0.29) is 18.4 Å². The molecule has 1 saturated heterocycles. The molecule has 1 aromatic heterocycles. The fraction of sp³-hybridized carbons (Fsp3) is 0.290. The summed E-state index contributed by atoms with van der Waals surface area (Å²) in [6, 6.07) is 19.9. The molecule has 2 amide bonds. The molecule has 0 unspecified atom stereocenters. The summed E-state index contributed by atoms with van der Waals surface area (Å²) in [6.45, 7) is 2.35. The number of nitrogens with zero attached hydrogens (tertiary/aromatic N) is 3. The Bertz CT molecular complexity index is 1550. The molecule has 1 fully saturated rings. The van der Waals surface area contributed by atoms with E-state index in [1.807, 2.05) is 42.5 Å². The highest BCUT2D eigenvalue weighted by Gasteiger charge is 2.29. The highest BCUT2D eigenvalue weighted by molar-refractivity contribution is 6.32. The van der Waals surface area contributed by atoms with Crippen molar-refractivity contribution < 1.29 is 14.3 Å². The van der Waals surface area contributed by atoms with Crippen LogP contribution in [-0.4, -0.2) is 46.4 Å². The van der Waals surface area contributed by atoms with Gasteiger partial charge in [0.2, 0.25) is 5.91 Å². The molecule has 1 N–H and O–H groups in total. The van der Waals surface area contributed by atoms with Crippen molar-refractivity contribution in [2.75, 3.05) is 19.8 Å². The minimum Gasteiger partial charge on any atom is -0.381 e. The lowest BCUT2D eigenvalue weighted by molar-refractivity contribution is -0.122. The maximum Gasteiger partial charge on any atom is 0.254 e. The third kappa shape index (κ3) is 5.65. The molecule has 6 rings (SSSR count). The van der Waals surface area contributed by atoms with Crippen molar-refractivity contribution >= 4 is 34.2 Å². The van der Waals surface area contributed by atoms with Crippen LogP contribution in [0, 0.1) is 5.92 Å². The summed E-state index contributed by atoms with van der Waals surface area (Å²) in [5, 5.41) is 5.68. The van der Waals surface area contributed by atoms with Gasteiger partial charge in [0.15, 0.2) is 0 Å². The highest BCUT2D eigenvalue weighted by Crippen LogP contribution is 2.31. The number of halogens is 1. The molecule has 39 heavy (non-hydrogen) atoms. The highest BCUT2D eigenvalue weighted by atomic mass is 35.5. The predicted molar refractivity (Wildman–Crippen MR) is 150 cm³/mol. The summed E-state index contributed by atoms with van der Waals surface area (Å²) in [7, 11) is 0. The smallest absolute Gasteiger partial charge is 0.254 e. The van der Waals surface area contributed by atoms with Crippen LogP contribution in [0.1, 0.15) is 40.2 Å². The Morgan fingerprint density at radius 1 is 1.05 bits per heavy atom. The van der Waals surface area contributed by atoms with Crippen LogP contribution in [-0.2, 0) is 29.0 Å². The van der Waals surface area contributed by atoms with E-state index >= 15 is 0 Å². The second-order valence-corrected chi connectivity index (χ2v) is 10.6. The van der Waals surface area contributed by atoms with Gasteiger partial charge in [-0.25, -0.2) is 9.97 Å². The van der Waals surface area contributed by atoms with Crippen molar-refractivity contribution in [3.05, 3.63) is 94.4 Å². The fourth-order valence-electron chi connectivity index (χ4n) is 5.33. The van der Waals surface area contributed by atoms with Gasteiger partial charge in [-0.2, -0.15) is 0 Å². The molecule has 0 atom stereocenters. The Morgan fingerprint density at radius 2 is 1.87 bits per heavy atom. The number of carbonyl (C=O) groups is 2. The number of benzene rings is 3. The summed E-state index contributed by atoms with van der Waals surface area (Å²) in [4.78, 5) is 36.7. The number of aromatic nitrogens is 2. The van der Waals surface area contributed by atoms with Gasteiger partial charge >= 0.3 is 0 Å². The van der Waals surface area contributed by atoms with Crippen LogP contribution in [0.4, 0.5) is 0 Å². The van der Waals surface area contributed by atoms with E-state index in [4.69, 9.17) is 21.3 Å². The average Bonchev–Trinajstić information content (AvgIpc) is 3.27. The fourth-order valence-corrected chi connectivity index (χ4v) is 5.53. The van der Waals surface area contributed by atoms with Crippen molar-refractivity contribution in [2.24, 2.45) is 5.92 Å². The first kappa shape index (κ1) is 25.5. The molecule has 4 aromatic rings. The van der Waals surface area contributed by atoms with E-state index < -0.39 is 0 Å². The summed E-state index contributed by atoms with van der Waals surface area (Å²) >= 11 is 6.48. The van der Waals surface area contributed by atoms with Crippen LogP contribution >= 0.6 is 11.6 Å². The molecule has 198 valence electrons. The molecular formula is C31H29ClN4O3. The Morgan fingerprint density at radius 3 is 2.72 bits per heavy atom. The summed E-state index contributed by atoms with van der Waals surface area (Å²) in [5.41, 5.74) is 3.87. The van der Waals surface area contributed by atoms with E-state index in [1.54, 1.807) is 11.1 Å². The molecular weight excluding hydrogens is 512 g/mol. The quantitative estimate of drug-likeness (QED) is 0.349. The van der Waals surface area contributed by atoms with Crippen molar-refractivity contribution in [2.45, 2.75) is 32.4 Å².